The molecule has 2 amide bonds. The van der Waals surface area contributed by atoms with Crippen LogP contribution in [0, 0.1) is 17.5 Å². The summed E-state index contributed by atoms with van der Waals surface area (Å²) in [6.45, 7) is 2.88. The van der Waals surface area contributed by atoms with Crippen molar-refractivity contribution in [3.63, 3.8) is 0 Å². The van der Waals surface area contributed by atoms with Gasteiger partial charge in [0.2, 0.25) is 11.7 Å². The predicted octanol–water partition coefficient (Wildman–Crippen LogP) is 5.92. The fourth-order valence-corrected chi connectivity index (χ4v) is 6.32. The second-order valence-corrected chi connectivity index (χ2v) is 12.1. The molecule has 1 saturated heterocycles. The number of amides is 2. The van der Waals surface area contributed by atoms with Gasteiger partial charge in [-0.25, -0.2) is 8.78 Å². The summed E-state index contributed by atoms with van der Waals surface area (Å²) in [6, 6.07) is 16.6. The molecule has 0 unspecified atom stereocenters. The average molecular weight is 624 g/mol. The second kappa shape index (κ2) is 12.7. The molecule has 2 bridgehead atoms. The lowest BCUT2D eigenvalue weighted by molar-refractivity contribution is -0.132. The van der Waals surface area contributed by atoms with Crippen LogP contribution in [0.3, 0.4) is 0 Å². The fourth-order valence-electron chi connectivity index (χ4n) is 6.13. The van der Waals surface area contributed by atoms with Gasteiger partial charge in [0.05, 0.1) is 12.6 Å². The van der Waals surface area contributed by atoms with Crippen LogP contribution in [0.25, 0.3) is 5.57 Å². The SMILES string of the molecule is CC(=O)N1C[C@H]2CC(c3ccc(CCOc4c(F)ccc(F)c4F)cc3)=C(C(=O)N(Cc3ccccc3Cl)C3CC3)[C@@H](C1)N2. The van der Waals surface area contributed by atoms with Crippen LogP contribution in [0.5, 0.6) is 5.75 Å². The van der Waals surface area contributed by atoms with Crippen molar-refractivity contribution < 1.29 is 27.5 Å². The molecular weight excluding hydrogens is 591 g/mol. The summed E-state index contributed by atoms with van der Waals surface area (Å²) in [5.41, 5.74) is 4.26. The first-order chi connectivity index (χ1) is 21.2. The third-order valence-corrected chi connectivity index (χ3v) is 8.94. The zero-order valence-corrected chi connectivity index (χ0v) is 25.0. The molecule has 6 rings (SSSR count). The molecular formula is C34H33ClF3N3O3. The van der Waals surface area contributed by atoms with E-state index in [1.165, 1.54) is 0 Å². The number of hydrogen-bond acceptors (Lipinski definition) is 4. The predicted molar refractivity (Wildman–Crippen MR) is 161 cm³/mol. The second-order valence-electron chi connectivity index (χ2n) is 11.7. The number of fused-ring (bicyclic) bond motifs is 2. The van der Waals surface area contributed by atoms with E-state index in [1.54, 1.807) is 11.8 Å². The number of nitrogens with one attached hydrogen (secondary N) is 1. The standard InChI is InChI=1S/C34H33ClF3N3O3/c1-20(42)40-18-24-16-26(22-8-6-21(7-9-22)14-15-44-33-29(37)13-12-28(36)32(33)38)31(30(19-40)39-24)34(43)41(25-10-11-25)17-23-4-2-3-5-27(23)35/h2-9,12-13,24-25,30,39H,10-11,14-19H2,1H3/t24-,30-/m1/s1. The highest BCUT2D eigenvalue weighted by Crippen LogP contribution is 2.38. The van der Waals surface area contributed by atoms with Crippen molar-refractivity contribution in [2.45, 2.75) is 57.3 Å². The van der Waals surface area contributed by atoms with E-state index < -0.39 is 23.2 Å². The first-order valence-electron chi connectivity index (χ1n) is 14.8. The Hall–Kier alpha value is -3.82. The Morgan fingerprint density at radius 3 is 2.43 bits per heavy atom. The highest BCUT2D eigenvalue weighted by Gasteiger charge is 2.43. The largest absolute Gasteiger partial charge is 0.487 e. The van der Waals surface area contributed by atoms with Crippen LogP contribution in [-0.2, 0) is 22.6 Å². The van der Waals surface area contributed by atoms with Crippen LogP contribution in [0.4, 0.5) is 13.2 Å². The van der Waals surface area contributed by atoms with Gasteiger partial charge in [-0.1, -0.05) is 54.1 Å². The van der Waals surface area contributed by atoms with Gasteiger partial charge in [0.15, 0.2) is 17.4 Å². The minimum atomic E-state index is -1.35. The van der Waals surface area contributed by atoms with Crippen LogP contribution < -0.4 is 10.1 Å². The minimum Gasteiger partial charge on any atom is -0.487 e. The summed E-state index contributed by atoms with van der Waals surface area (Å²) in [4.78, 5) is 30.5. The summed E-state index contributed by atoms with van der Waals surface area (Å²) >= 11 is 6.49. The first kappa shape index (κ1) is 30.2. The van der Waals surface area contributed by atoms with Gasteiger partial charge in [-0.2, -0.15) is 4.39 Å². The summed E-state index contributed by atoms with van der Waals surface area (Å²) in [5.74, 6) is -4.28. The van der Waals surface area contributed by atoms with E-state index in [4.69, 9.17) is 16.3 Å². The number of piperazine rings is 1. The van der Waals surface area contributed by atoms with Crippen LogP contribution in [-0.4, -0.2) is 59.4 Å². The lowest BCUT2D eigenvalue weighted by atomic mass is 9.82. The Morgan fingerprint density at radius 1 is 1.00 bits per heavy atom. The van der Waals surface area contributed by atoms with Gasteiger partial charge in [-0.15, -0.1) is 0 Å². The molecule has 3 aromatic carbocycles. The maximum Gasteiger partial charge on any atom is 0.252 e. The molecule has 1 aliphatic carbocycles. The maximum atomic E-state index is 14.5. The molecule has 0 aromatic heterocycles. The van der Waals surface area contributed by atoms with Crippen molar-refractivity contribution in [2.75, 3.05) is 19.7 Å². The van der Waals surface area contributed by atoms with Gasteiger partial charge in [-0.3, -0.25) is 9.59 Å². The normalized spacial score (nSPS) is 19.6. The molecule has 2 atom stereocenters. The van der Waals surface area contributed by atoms with Crippen LogP contribution >= 0.6 is 11.6 Å². The molecule has 6 nitrogen and oxygen atoms in total. The fraction of sp³-hybridized carbons (Fsp3) is 0.353. The maximum absolute atomic E-state index is 14.5. The third-order valence-electron chi connectivity index (χ3n) is 8.57. The number of rotatable bonds is 9. The smallest absolute Gasteiger partial charge is 0.252 e. The number of carbonyl (C=O) groups excluding carboxylic acids is 2. The number of carbonyl (C=O) groups is 2. The number of hydrogen-bond donors (Lipinski definition) is 1. The van der Waals surface area contributed by atoms with Gasteiger partial charge in [0.25, 0.3) is 5.91 Å². The highest BCUT2D eigenvalue weighted by atomic mass is 35.5. The molecule has 44 heavy (non-hydrogen) atoms. The van der Waals surface area contributed by atoms with Crippen LogP contribution in [0.2, 0.25) is 5.02 Å². The van der Waals surface area contributed by atoms with Crippen LogP contribution in [0.1, 0.15) is 42.9 Å². The molecule has 230 valence electrons. The van der Waals surface area contributed by atoms with E-state index in [0.29, 0.717) is 43.1 Å². The molecule has 3 aromatic rings. The molecule has 0 spiro atoms. The van der Waals surface area contributed by atoms with Gasteiger partial charge in [0, 0.05) is 55.7 Å². The summed E-state index contributed by atoms with van der Waals surface area (Å²) < 4.78 is 46.6. The summed E-state index contributed by atoms with van der Waals surface area (Å²) in [7, 11) is 0. The number of nitrogens with zero attached hydrogens (tertiary/aromatic N) is 2. The minimum absolute atomic E-state index is 0.00581. The molecule has 10 heteroatoms. The molecule has 1 N–H and O–H groups in total. The quantitative estimate of drug-likeness (QED) is 0.301. The van der Waals surface area contributed by atoms with E-state index in [9.17, 15) is 22.8 Å². The zero-order valence-electron chi connectivity index (χ0n) is 24.3. The Bertz CT molecular complexity index is 1610. The number of ether oxygens (including phenoxy) is 1. The van der Waals surface area contributed by atoms with Crippen molar-refractivity contribution in [3.05, 3.63) is 105 Å². The van der Waals surface area contributed by atoms with E-state index in [1.807, 2.05) is 53.4 Å². The van der Waals surface area contributed by atoms with Gasteiger partial charge >= 0.3 is 0 Å². The van der Waals surface area contributed by atoms with E-state index in [0.717, 1.165) is 47.2 Å². The van der Waals surface area contributed by atoms with Crippen LogP contribution in [0.15, 0.2) is 66.2 Å². The van der Waals surface area contributed by atoms with Crippen molar-refractivity contribution >= 4 is 29.0 Å². The van der Waals surface area contributed by atoms with E-state index in [2.05, 4.69) is 5.32 Å². The van der Waals surface area contributed by atoms with Gasteiger partial charge in [0.1, 0.15) is 0 Å². The molecule has 3 aliphatic rings. The Kier molecular flexibility index (Phi) is 8.69. The molecule has 2 heterocycles. The summed E-state index contributed by atoms with van der Waals surface area (Å²) in [6.07, 6.45) is 2.78. The Labute approximate surface area is 259 Å². The third kappa shape index (κ3) is 6.35. The van der Waals surface area contributed by atoms with Crippen molar-refractivity contribution in [3.8, 4) is 5.75 Å². The zero-order chi connectivity index (χ0) is 31.0. The van der Waals surface area contributed by atoms with E-state index >= 15 is 0 Å². The molecule has 2 fully saturated rings. The van der Waals surface area contributed by atoms with Crippen molar-refractivity contribution in [1.82, 2.24) is 15.1 Å². The molecule has 1 saturated carbocycles. The lowest BCUT2D eigenvalue weighted by Gasteiger charge is -2.44. The summed E-state index contributed by atoms with van der Waals surface area (Å²) in [5, 5.41) is 4.21. The number of halogens is 4. The highest BCUT2D eigenvalue weighted by molar-refractivity contribution is 6.31. The molecule has 2 aliphatic heterocycles. The monoisotopic (exact) mass is 623 g/mol. The first-order valence-corrected chi connectivity index (χ1v) is 15.2. The lowest BCUT2D eigenvalue weighted by Crippen LogP contribution is -2.61. The van der Waals surface area contributed by atoms with E-state index in [-0.39, 0.29) is 36.5 Å². The topological polar surface area (TPSA) is 61.9 Å². The van der Waals surface area contributed by atoms with Gasteiger partial charge in [-0.05, 0) is 59.7 Å². The Morgan fingerprint density at radius 2 is 1.73 bits per heavy atom. The van der Waals surface area contributed by atoms with Gasteiger partial charge < -0.3 is 19.9 Å². The van der Waals surface area contributed by atoms with Crippen molar-refractivity contribution in [1.29, 1.82) is 0 Å². The van der Waals surface area contributed by atoms with Crippen molar-refractivity contribution in [2.24, 2.45) is 0 Å². The Balaban J connectivity index is 1.27. The molecule has 0 radical (unpaired) electrons. The average Bonchev–Trinajstić information content (AvgIpc) is 3.85. The number of benzene rings is 3.